The zero-order valence-corrected chi connectivity index (χ0v) is 18.1. The molecule has 2 aliphatic rings. The number of ketones is 1. The average molecular weight is 416 g/mol. The van der Waals surface area contributed by atoms with Crippen LogP contribution in [0.2, 0.25) is 0 Å². The van der Waals surface area contributed by atoms with E-state index in [0.717, 1.165) is 48.3 Å². The van der Waals surface area contributed by atoms with E-state index in [1.54, 1.807) is 7.11 Å². The van der Waals surface area contributed by atoms with E-state index >= 15 is 0 Å². The number of Topliss-reactive ketones (excluding diaryl/α,β-unsaturated/α-hetero) is 1. The van der Waals surface area contributed by atoms with Gasteiger partial charge in [-0.3, -0.25) is 4.79 Å². The number of hydrogen-bond donors (Lipinski definition) is 0. The van der Waals surface area contributed by atoms with Crippen LogP contribution in [0.15, 0.2) is 48.5 Å². The Morgan fingerprint density at radius 3 is 2.55 bits per heavy atom. The van der Waals surface area contributed by atoms with Crippen molar-refractivity contribution in [3.05, 3.63) is 65.2 Å². The predicted molar refractivity (Wildman–Crippen MR) is 121 cm³/mol. The summed E-state index contributed by atoms with van der Waals surface area (Å²) in [5.74, 6) is 1.87. The topological polar surface area (TPSA) is 59.3 Å². The van der Waals surface area contributed by atoms with E-state index in [1.165, 1.54) is 12.8 Å². The SMILES string of the molecule is COc1ccc(C2(C=Cc3cccc(C#N)c3)CCC(=O)CC2)cc1OC1CCCC1. The molecule has 0 aromatic heterocycles. The van der Waals surface area contributed by atoms with Crippen molar-refractivity contribution in [1.82, 2.24) is 0 Å². The van der Waals surface area contributed by atoms with Crippen LogP contribution in [0.4, 0.5) is 0 Å². The second-order valence-corrected chi connectivity index (χ2v) is 8.66. The first-order chi connectivity index (χ1) is 15.1. The number of benzene rings is 2. The molecule has 4 rings (SSSR count). The maximum absolute atomic E-state index is 12.0. The fourth-order valence-corrected chi connectivity index (χ4v) is 4.76. The van der Waals surface area contributed by atoms with Crippen LogP contribution >= 0.6 is 0 Å². The maximum Gasteiger partial charge on any atom is 0.161 e. The number of rotatable bonds is 6. The highest BCUT2D eigenvalue weighted by Gasteiger charge is 2.35. The number of carbonyl (C=O) groups is 1. The Kier molecular flexibility index (Phi) is 6.42. The van der Waals surface area contributed by atoms with Crippen molar-refractivity contribution in [2.24, 2.45) is 0 Å². The van der Waals surface area contributed by atoms with Crippen molar-refractivity contribution in [2.75, 3.05) is 7.11 Å². The lowest BCUT2D eigenvalue weighted by Gasteiger charge is -2.35. The Bertz CT molecular complexity index is 1000. The smallest absolute Gasteiger partial charge is 0.161 e. The molecule has 2 aromatic carbocycles. The first-order valence-electron chi connectivity index (χ1n) is 11.2. The van der Waals surface area contributed by atoms with E-state index in [-0.39, 0.29) is 11.5 Å². The predicted octanol–water partition coefficient (Wildman–Crippen LogP) is 5.98. The van der Waals surface area contributed by atoms with Gasteiger partial charge >= 0.3 is 0 Å². The van der Waals surface area contributed by atoms with Crippen molar-refractivity contribution < 1.29 is 14.3 Å². The molecule has 4 nitrogen and oxygen atoms in total. The molecule has 0 bridgehead atoms. The molecule has 2 fully saturated rings. The molecular formula is C27H29NO3. The van der Waals surface area contributed by atoms with Crippen LogP contribution in [0.5, 0.6) is 11.5 Å². The summed E-state index contributed by atoms with van der Waals surface area (Å²) in [6, 6.07) is 16.0. The van der Waals surface area contributed by atoms with E-state index in [4.69, 9.17) is 9.47 Å². The normalized spacial score (nSPS) is 18.8. The minimum absolute atomic E-state index is 0.239. The molecular weight excluding hydrogens is 386 g/mol. The Morgan fingerprint density at radius 2 is 1.84 bits per heavy atom. The molecule has 0 amide bonds. The van der Waals surface area contributed by atoms with Crippen LogP contribution < -0.4 is 9.47 Å². The van der Waals surface area contributed by atoms with Crippen molar-refractivity contribution in [3.63, 3.8) is 0 Å². The van der Waals surface area contributed by atoms with Gasteiger partial charge in [-0.2, -0.15) is 5.26 Å². The molecule has 0 saturated heterocycles. The van der Waals surface area contributed by atoms with Crippen molar-refractivity contribution in [2.45, 2.75) is 62.9 Å². The fourth-order valence-electron chi connectivity index (χ4n) is 4.76. The van der Waals surface area contributed by atoms with Gasteiger partial charge in [0.15, 0.2) is 11.5 Å². The van der Waals surface area contributed by atoms with Gasteiger partial charge in [-0.15, -0.1) is 0 Å². The standard InChI is InChI=1S/C27H29NO3/c1-30-25-10-9-22(18-26(25)31-24-7-2-3-8-24)27(15-12-23(29)13-16-27)14-11-20-5-4-6-21(17-20)19-28/h4-6,9-11,14,17-18,24H,2-3,7-8,12-13,15-16H2,1H3. The van der Waals surface area contributed by atoms with Crippen molar-refractivity contribution in [3.8, 4) is 17.6 Å². The molecule has 0 N–H and O–H groups in total. The fraction of sp³-hybridized carbons (Fsp3) is 0.407. The molecule has 31 heavy (non-hydrogen) atoms. The van der Waals surface area contributed by atoms with E-state index in [1.807, 2.05) is 30.3 Å². The number of carbonyl (C=O) groups excluding carboxylic acids is 1. The Morgan fingerprint density at radius 1 is 1.06 bits per heavy atom. The van der Waals surface area contributed by atoms with Crippen LogP contribution in [-0.4, -0.2) is 19.0 Å². The van der Waals surface area contributed by atoms with Gasteiger partial charge in [0.1, 0.15) is 5.78 Å². The minimum atomic E-state index is -0.239. The van der Waals surface area contributed by atoms with Crippen LogP contribution in [0.25, 0.3) is 6.08 Å². The summed E-state index contributed by atoms with van der Waals surface area (Å²) in [6.45, 7) is 0. The molecule has 0 atom stereocenters. The first kappa shape index (κ1) is 21.2. The highest BCUT2D eigenvalue weighted by molar-refractivity contribution is 5.80. The number of methoxy groups -OCH3 is 1. The zero-order valence-electron chi connectivity index (χ0n) is 18.1. The van der Waals surface area contributed by atoms with Gasteiger partial charge in [0.05, 0.1) is 24.8 Å². The van der Waals surface area contributed by atoms with E-state index in [2.05, 4.69) is 30.4 Å². The second-order valence-electron chi connectivity index (χ2n) is 8.66. The average Bonchev–Trinajstić information content (AvgIpc) is 3.32. The van der Waals surface area contributed by atoms with Crippen LogP contribution in [0.3, 0.4) is 0 Å². The number of nitrogens with zero attached hydrogens (tertiary/aromatic N) is 1. The quantitative estimate of drug-likeness (QED) is 0.582. The van der Waals surface area contributed by atoms with Gasteiger partial charge in [0.2, 0.25) is 0 Å². The maximum atomic E-state index is 12.0. The van der Waals surface area contributed by atoms with Gasteiger partial charge in [-0.1, -0.05) is 30.4 Å². The molecule has 2 aromatic rings. The summed E-state index contributed by atoms with van der Waals surface area (Å²) in [5, 5.41) is 9.20. The molecule has 0 unspecified atom stereocenters. The van der Waals surface area contributed by atoms with Crippen LogP contribution in [-0.2, 0) is 10.2 Å². The number of allylic oxidation sites excluding steroid dienone is 1. The summed E-state index contributed by atoms with van der Waals surface area (Å²) in [4.78, 5) is 12.0. The Labute approximate surface area is 184 Å². The number of nitriles is 1. The van der Waals surface area contributed by atoms with E-state index in [0.29, 0.717) is 24.2 Å². The van der Waals surface area contributed by atoms with Gasteiger partial charge in [-0.25, -0.2) is 0 Å². The summed E-state index contributed by atoms with van der Waals surface area (Å²) in [5.41, 5.74) is 2.55. The lowest BCUT2D eigenvalue weighted by molar-refractivity contribution is -0.121. The molecule has 2 saturated carbocycles. The number of ether oxygens (including phenoxy) is 2. The van der Waals surface area contributed by atoms with Crippen molar-refractivity contribution in [1.29, 1.82) is 5.26 Å². The third-order valence-corrected chi connectivity index (χ3v) is 6.64. The lowest BCUT2D eigenvalue weighted by atomic mass is 9.68. The third kappa shape index (κ3) is 4.82. The van der Waals surface area contributed by atoms with Gasteiger partial charge < -0.3 is 9.47 Å². The summed E-state index contributed by atoms with van der Waals surface area (Å²) < 4.78 is 11.9. The Balaban J connectivity index is 1.69. The van der Waals surface area contributed by atoms with Crippen LogP contribution in [0, 0.1) is 11.3 Å². The molecule has 0 aliphatic heterocycles. The highest BCUT2D eigenvalue weighted by Crippen LogP contribution is 2.43. The molecule has 0 heterocycles. The van der Waals surface area contributed by atoms with Gasteiger partial charge in [0, 0.05) is 18.3 Å². The van der Waals surface area contributed by atoms with E-state index < -0.39 is 0 Å². The summed E-state index contributed by atoms with van der Waals surface area (Å²) in [7, 11) is 1.67. The van der Waals surface area contributed by atoms with Crippen molar-refractivity contribution >= 4 is 11.9 Å². The monoisotopic (exact) mass is 415 g/mol. The molecule has 4 heteroatoms. The minimum Gasteiger partial charge on any atom is -0.493 e. The largest absolute Gasteiger partial charge is 0.493 e. The first-order valence-corrected chi connectivity index (χ1v) is 11.2. The van der Waals surface area contributed by atoms with Crippen LogP contribution in [0.1, 0.15) is 68.1 Å². The van der Waals surface area contributed by atoms with E-state index in [9.17, 15) is 10.1 Å². The molecule has 0 spiro atoms. The lowest BCUT2D eigenvalue weighted by Crippen LogP contribution is -2.30. The summed E-state index contributed by atoms with van der Waals surface area (Å²) >= 11 is 0. The van der Waals surface area contributed by atoms with Gasteiger partial charge in [-0.05, 0) is 73.9 Å². The summed E-state index contributed by atoms with van der Waals surface area (Å²) in [6.07, 6.45) is 11.8. The molecule has 2 aliphatic carbocycles. The van der Waals surface area contributed by atoms with Gasteiger partial charge in [0.25, 0.3) is 0 Å². The second kappa shape index (κ2) is 9.39. The molecule has 160 valence electrons. The highest BCUT2D eigenvalue weighted by atomic mass is 16.5. The molecule has 0 radical (unpaired) electrons. The zero-order chi connectivity index (χ0) is 21.7. The third-order valence-electron chi connectivity index (χ3n) is 6.64. The number of hydrogen-bond acceptors (Lipinski definition) is 4. The Hall–Kier alpha value is -3.06.